The van der Waals surface area contributed by atoms with E-state index in [2.05, 4.69) is 16.5 Å². The molecule has 0 aliphatic rings. The Morgan fingerprint density at radius 1 is 1.22 bits per heavy atom. The monoisotopic (exact) mass is 321 g/mol. The van der Waals surface area contributed by atoms with E-state index in [1.54, 1.807) is 0 Å². The Morgan fingerprint density at radius 2 is 1.89 bits per heavy atom. The SMILES string of the molecule is O=S(O)OS(=O)(=O)OS(=O)(=O)O[n+]1cccnc1. The summed E-state index contributed by atoms with van der Waals surface area (Å²) >= 11 is -3.27. The number of aromatic nitrogens is 2. The van der Waals surface area contributed by atoms with Gasteiger partial charge in [-0.3, -0.25) is 4.55 Å². The minimum Gasteiger partial charge on any atom is -0.283 e. The molecular weight excluding hydrogens is 316 g/mol. The maximum atomic E-state index is 11.1. The average Bonchev–Trinajstić information content (AvgIpc) is 2.13. The van der Waals surface area contributed by atoms with Gasteiger partial charge in [0.2, 0.25) is 0 Å². The fourth-order valence-electron chi connectivity index (χ4n) is 0.662. The Balaban J connectivity index is 2.81. The smallest absolute Gasteiger partial charge is 0.283 e. The van der Waals surface area contributed by atoms with E-state index in [9.17, 15) is 21.0 Å². The topological polar surface area (TPSA) is 150 Å². The fraction of sp³-hybridized carbons (Fsp3) is 0. The Hall–Kier alpha value is -1.19. The van der Waals surface area contributed by atoms with Crippen LogP contribution in [0.5, 0.6) is 0 Å². The second-order valence-corrected chi connectivity index (χ2v) is 5.66. The van der Waals surface area contributed by atoms with Gasteiger partial charge in [-0.2, -0.15) is 25.3 Å². The van der Waals surface area contributed by atoms with Crippen LogP contribution in [-0.2, 0) is 39.4 Å². The predicted octanol–water partition coefficient (Wildman–Crippen LogP) is -2.54. The third-order valence-electron chi connectivity index (χ3n) is 1.07. The zero-order valence-corrected chi connectivity index (χ0v) is 10.6. The first-order valence-corrected chi connectivity index (χ1v) is 7.43. The van der Waals surface area contributed by atoms with Crippen molar-refractivity contribution >= 4 is 32.2 Å². The van der Waals surface area contributed by atoms with E-state index in [1.807, 2.05) is 0 Å². The summed E-state index contributed by atoms with van der Waals surface area (Å²) in [6.45, 7) is 0. The second kappa shape index (κ2) is 5.63. The van der Waals surface area contributed by atoms with Gasteiger partial charge in [0.25, 0.3) is 0 Å². The Bertz CT molecular complexity index is 623. The lowest BCUT2D eigenvalue weighted by molar-refractivity contribution is -0.859. The molecule has 0 radical (unpaired) electrons. The van der Waals surface area contributed by atoms with E-state index in [1.165, 1.54) is 12.3 Å². The van der Waals surface area contributed by atoms with E-state index < -0.39 is 32.2 Å². The molecule has 1 rings (SSSR count). The summed E-state index contributed by atoms with van der Waals surface area (Å²) in [6, 6.07) is 1.28. The highest BCUT2D eigenvalue weighted by Crippen LogP contribution is 2.02. The largest absolute Gasteiger partial charge is 0.501 e. The van der Waals surface area contributed by atoms with Gasteiger partial charge >= 0.3 is 38.5 Å². The molecule has 1 N–H and O–H groups in total. The van der Waals surface area contributed by atoms with Crippen molar-refractivity contribution in [2.24, 2.45) is 0 Å². The van der Waals surface area contributed by atoms with E-state index in [-0.39, 0.29) is 0 Å². The van der Waals surface area contributed by atoms with Crippen LogP contribution in [0.1, 0.15) is 0 Å². The van der Waals surface area contributed by atoms with Crippen LogP contribution in [0.3, 0.4) is 0 Å². The molecular formula is C4H5N2O9S3+. The first-order chi connectivity index (χ1) is 8.20. The summed E-state index contributed by atoms with van der Waals surface area (Å²) in [4.78, 5) is 3.46. The van der Waals surface area contributed by atoms with Crippen LogP contribution in [-0.4, -0.2) is 30.6 Å². The van der Waals surface area contributed by atoms with Crippen molar-refractivity contribution in [3.8, 4) is 0 Å². The standard InChI is InChI=1S/C4H4N2O9S3/c7-16(8)14-18(11,12)15-17(9,10)13-6-3-1-2-5-4-6/h1-4H/p+1. The van der Waals surface area contributed by atoms with E-state index in [4.69, 9.17) is 4.55 Å². The van der Waals surface area contributed by atoms with Gasteiger partial charge in [-0.1, -0.05) is 8.61 Å². The molecule has 0 saturated heterocycles. The molecule has 0 aromatic carbocycles. The van der Waals surface area contributed by atoms with Crippen molar-refractivity contribution in [1.82, 2.24) is 4.98 Å². The summed E-state index contributed by atoms with van der Waals surface area (Å²) in [7, 11) is -10.3. The van der Waals surface area contributed by atoms with Crippen molar-refractivity contribution in [2.45, 2.75) is 0 Å². The first kappa shape index (κ1) is 14.9. The molecule has 0 fully saturated rings. The van der Waals surface area contributed by atoms with Gasteiger partial charge in [0.1, 0.15) is 12.4 Å². The Morgan fingerprint density at radius 3 is 2.39 bits per heavy atom. The Labute approximate surface area is 104 Å². The Kier molecular flexibility index (Phi) is 4.65. The molecule has 14 heteroatoms. The van der Waals surface area contributed by atoms with Gasteiger partial charge in [0, 0.05) is 6.07 Å². The number of rotatable bonds is 6. The molecule has 0 spiro atoms. The highest BCUT2D eigenvalue weighted by atomic mass is 32.3. The molecule has 0 saturated carbocycles. The van der Waals surface area contributed by atoms with Gasteiger partial charge in [-0.15, -0.1) is 3.63 Å². The van der Waals surface area contributed by atoms with E-state index >= 15 is 0 Å². The molecule has 1 atom stereocenters. The number of nitrogens with zero attached hydrogens (tertiary/aromatic N) is 2. The molecule has 11 nitrogen and oxygen atoms in total. The van der Waals surface area contributed by atoms with Crippen LogP contribution in [0.15, 0.2) is 24.8 Å². The molecule has 1 aromatic heterocycles. The van der Waals surface area contributed by atoms with Crippen molar-refractivity contribution in [3.05, 3.63) is 24.8 Å². The number of hydrogen-bond donors (Lipinski definition) is 1. The summed E-state index contributed by atoms with van der Waals surface area (Å²) < 4.78 is 73.2. The summed E-state index contributed by atoms with van der Waals surface area (Å²) in [5.74, 6) is 0. The van der Waals surface area contributed by atoms with Crippen LogP contribution in [0.4, 0.5) is 0 Å². The van der Waals surface area contributed by atoms with Gasteiger partial charge in [0.15, 0.2) is 0 Å². The third-order valence-corrected chi connectivity index (χ3v) is 3.89. The number of hydrogen-bond acceptors (Lipinski definition) is 9. The fourth-order valence-corrected chi connectivity index (χ4v) is 2.74. The quantitative estimate of drug-likeness (QED) is 0.438. The average molecular weight is 321 g/mol. The maximum absolute atomic E-state index is 11.1. The maximum Gasteiger partial charge on any atom is 0.501 e. The van der Waals surface area contributed by atoms with E-state index in [0.717, 1.165) is 12.5 Å². The normalized spacial score (nSPS) is 14.1. The van der Waals surface area contributed by atoms with Crippen LogP contribution in [0.25, 0.3) is 0 Å². The molecule has 0 bridgehead atoms. The molecule has 0 aliphatic carbocycles. The van der Waals surface area contributed by atoms with Crippen molar-refractivity contribution in [2.75, 3.05) is 0 Å². The molecule has 1 heterocycles. The highest BCUT2D eigenvalue weighted by Gasteiger charge is 2.30. The van der Waals surface area contributed by atoms with Gasteiger partial charge < -0.3 is 0 Å². The van der Waals surface area contributed by atoms with Crippen molar-refractivity contribution in [1.29, 1.82) is 0 Å². The second-order valence-electron chi connectivity index (χ2n) is 2.36. The van der Waals surface area contributed by atoms with Crippen molar-refractivity contribution < 1.29 is 41.9 Å². The summed E-state index contributed by atoms with van der Waals surface area (Å²) in [5, 5.41) is 0. The van der Waals surface area contributed by atoms with Crippen LogP contribution >= 0.6 is 0 Å². The molecule has 1 aromatic rings. The molecule has 18 heavy (non-hydrogen) atoms. The summed E-state index contributed by atoms with van der Waals surface area (Å²) in [5.41, 5.74) is 0. The lowest BCUT2D eigenvalue weighted by Crippen LogP contribution is -2.46. The third kappa shape index (κ3) is 5.43. The van der Waals surface area contributed by atoms with E-state index in [0.29, 0.717) is 4.73 Å². The zero-order valence-electron chi connectivity index (χ0n) is 8.14. The minimum absolute atomic E-state index is 0.515. The molecule has 0 amide bonds. The molecule has 1 unspecified atom stereocenters. The van der Waals surface area contributed by atoms with Crippen LogP contribution < -0.4 is 9.01 Å². The minimum atomic E-state index is -5.26. The summed E-state index contributed by atoms with van der Waals surface area (Å²) in [6.07, 6.45) is 3.26. The van der Waals surface area contributed by atoms with Crippen LogP contribution in [0.2, 0.25) is 0 Å². The molecule has 102 valence electrons. The first-order valence-electron chi connectivity index (χ1n) is 3.73. The molecule has 0 aliphatic heterocycles. The van der Waals surface area contributed by atoms with Gasteiger partial charge in [-0.05, 0) is 4.73 Å². The predicted molar refractivity (Wildman–Crippen MR) is 51.8 cm³/mol. The van der Waals surface area contributed by atoms with Crippen LogP contribution in [0, 0.1) is 0 Å². The lowest BCUT2D eigenvalue weighted by atomic mass is 10.7. The lowest BCUT2D eigenvalue weighted by Gasteiger charge is -2.01. The highest BCUT2D eigenvalue weighted by molar-refractivity contribution is 7.99. The van der Waals surface area contributed by atoms with Crippen molar-refractivity contribution in [3.63, 3.8) is 0 Å². The zero-order chi connectivity index (χ0) is 13.8. The van der Waals surface area contributed by atoms with Gasteiger partial charge in [0.05, 0.1) is 0 Å². The van der Waals surface area contributed by atoms with Gasteiger partial charge in [-0.25, -0.2) is 0 Å².